The van der Waals surface area contributed by atoms with Crippen molar-refractivity contribution in [2.24, 2.45) is 0 Å². The summed E-state index contributed by atoms with van der Waals surface area (Å²) in [6.07, 6.45) is 3.23. The fraction of sp³-hybridized carbons (Fsp3) is 0.857. The molecule has 126 valence electrons. The van der Waals surface area contributed by atoms with E-state index in [2.05, 4.69) is 9.51 Å². The lowest BCUT2D eigenvalue weighted by Crippen LogP contribution is -2.61. The Morgan fingerprint density at radius 3 is 2.23 bits per heavy atom. The van der Waals surface area contributed by atoms with Crippen LogP contribution in [0.3, 0.4) is 0 Å². The Kier molecular flexibility index (Phi) is 5.89. The van der Waals surface area contributed by atoms with E-state index in [9.17, 15) is 18.7 Å². The molecule has 0 aliphatic heterocycles. The number of esters is 1. The quantitative estimate of drug-likeness (QED) is 0.357. The minimum Gasteiger partial charge on any atom is -0.457 e. The van der Waals surface area contributed by atoms with E-state index in [4.69, 9.17) is 4.74 Å². The molecule has 0 heterocycles. The second-order valence-electron chi connectivity index (χ2n) is 6.53. The summed E-state index contributed by atoms with van der Waals surface area (Å²) in [6.45, 7) is 6.49. The van der Waals surface area contributed by atoms with Crippen molar-refractivity contribution in [1.82, 2.24) is 4.72 Å². The zero-order chi connectivity index (χ0) is 17.0. The number of ether oxygens (including phenoxy) is 1. The summed E-state index contributed by atoms with van der Waals surface area (Å²) >= 11 is 0. The Bertz CT molecular complexity index is 565. The van der Waals surface area contributed by atoms with Gasteiger partial charge in [-0.3, -0.25) is 0 Å². The van der Waals surface area contributed by atoms with E-state index in [-0.39, 0.29) is 12.3 Å². The molecule has 1 fully saturated rings. The van der Waals surface area contributed by atoms with Crippen LogP contribution in [0.4, 0.5) is 0 Å². The van der Waals surface area contributed by atoms with E-state index >= 15 is 0 Å². The fourth-order valence-corrected chi connectivity index (χ4v) is 3.61. The van der Waals surface area contributed by atoms with E-state index in [1.807, 2.05) is 0 Å². The second-order valence-corrected chi connectivity index (χ2v) is 8.97. The van der Waals surface area contributed by atoms with Gasteiger partial charge in [-0.05, 0) is 40.5 Å². The molecule has 0 aromatic heterocycles. The van der Waals surface area contributed by atoms with Gasteiger partial charge in [-0.2, -0.15) is 9.51 Å². The fourth-order valence-electron chi connectivity index (χ4n) is 2.48. The molecule has 0 spiro atoms. The van der Waals surface area contributed by atoms with Crippen LogP contribution in [-0.4, -0.2) is 41.8 Å². The highest BCUT2D eigenvalue weighted by Crippen LogP contribution is 2.32. The van der Waals surface area contributed by atoms with Crippen LogP contribution in [-0.2, 0) is 19.6 Å². The number of nitrogens with one attached hydrogen (secondary N) is 1. The third-order valence-electron chi connectivity index (χ3n) is 3.87. The first-order valence-corrected chi connectivity index (χ1v) is 9.01. The Morgan fingerprint density at radius 2 is 1.82 bits per heavy atom. The zero-order valence-corrected chi connectivity index (χ0v) is 14.5. The molecule has 1 saturated carbocycles. The molecule has 1 aliphatic rings. The van der Waals surface area contributed by atoms with E-state index in [0.29, 0.717) is 12.8 Å². The van der Waals surface area contributed by atoms with Crippen molar-refractivity contribution in [3.63, 3.8) is 0 Å². The number of rotatable bonds is 5. The van der Waals surface area contributed by atoms with Gasteiger partial charge in [0, 0.05) is 0 Å². The highest BCUT2D eigenvalue weighted by molar-refractivity contribution is 7.90. The predicted molar refractivity (Wildman–Crippen MR) is 82.9 cm³/mol. The molecule has 8 heteroatoms. The SMILES string of the molecule is CCOC(=O)C(=[N+]=[N-])C1(NS(=O)(=O)C(C)(C)C)CCCCC1. The van der Waals surface area contributed by atoms with Gasteiger partial charge in [-0.15, -0.1) is 0 Å². The van der Waals surface area contributed by atoms with Crippen molar-refractivity contribution in [2.75, 3.05) is 6.61 Å². The largest absolute Gasteiger partial charge is 0.457 e. The smallest absolute Gasteiger partial charge is 0.419 e. The molecule has 1 rings (SSSR count). The van der Waals surface area contributed by atoms with Gasteiger partial charge in [0.1, 0.15) is 5.54 Å². The molecule has 0 aromatic rings. The van der Waals surface area contributed by atoms with Crippen LogP contribution in [0.15, 0.2) is 0 Å². The summed E-state index contributed by atoms with van der Waals surface area (Å²) in [5, 5.41) is 0. The van der Waals surface area contributed by atoms with Gasteiger partial charge >= 0.3 is 11.7 Å². The maximum atomic E-state index is 12.5. The Hall–Kier alpha value is -1.24. The van der Waals surface area contributed by atoms with Gasteiger partial charge in [-0.25, -0.2) is 13.2 Å². The van der Waals surface area contributed by atoms with Crippen LogP contribution in [0.2, 0.25) is 0 Å². The van der Waals surface area contributed by atoms with Gasteiger partial charge in [-0.1, -0.05) is 19.3 Å². The van der Waals surface area contributed by atoms with Crippen LogP contribution in [0.5, 0.6) is 0 Å². The molecule has 0 amide bonds. The maximum Gasteiger partial charge on any atom is 0.419 e. The molecule has 1 aliphatic carbocycles. The summed E-state index contributed by atoms with van der Waals surface area (Å²) in [5.41, 5.74) is 7.83. The minimum atomic E-state index is -3.71. The first-order chi connectivity index (χ1) is 10.1. The maximum absolute atomic E-state index is 12.5. The topological polar surface area (TPSA) is 109 Å². The second kappa shape index (κ2) is 6.89. The van der Waals surface area contributed by atoms with Crippen LogP contribution in [0.1, 0.15) is 59.8 Å². The lowest BCUT2D eigenvalue weighted by atomic mass is 9.79. The number of carbonyl (C=O) groups is 1. The van der Waals surface area contributed by atoms with Gasteiger partial charge in [0.05, 0.1) is 11.4 Å². The molecule has 0 saturated heterocycles. The number of hydrogen-bond acceptors (Lipinski definition) is 4. The monoisotopic (exact) mass is 331 g/mol. The van der Waals surface area contributed by atoms with Crippen LogP contribution in [0, 0.1) is 0 Å². The third kappa shape index (κ3) is 3.94. The summed E-state index contributed by atoms with van der Waals surface area (Å²) in [6, 6.07) is 0. The lowest BCUT2D eigenvalue weighted by Gasteiger charge is -2.35. The summed E-state index contributed by atoms with van der Waals surface area (Å²) in [5.74, 6) is -0.788. The van der Waals surface area contributed by atoms with Crippen molar-refractivity contribution in [2.45, 2.75) is 70.1 Å². The van der Waals surface area contributed by atoms with E-state index < -0.39 is 26.3 Å². The van der Waals surface area contributed by atoms with Gasteiger partial charge in [0.2, 0.25) is 10.0 Å². The minimum absolute atomic E-state index is 0.125. The molecular formula is C14H25N3O4S. The molecule has 0 unspecified atom stereocenters. The van der Waals surface area contributed by atoms with Gasteiger partial charge in [0.25, 0.3) is 0 Å². The highest BCUT2D eigenvalue weighted by atomic mass is 32.2. The van der Waals surface area contributed by atoms with Crippen molar-refractivity contribution < 1.29 is 22.7 Å². The molecular weight excluding hydrogens is 306 g/mol. The van der Waals surface area contributed by atoms with Gasteiger partial charge in [0.15, 0.2) is 0 Å². The summed E-state index contributed by atoms with van der Waals surface area (Å²) < 4.78 is 31.5. The number of sulfonamides is 1. The predicted octanol–water partition coefficient (Wildman–Crippen LogP) is 1.64. The van der Waals surface area contributed by atoms with E-state index in [0.717, 1.165) is 19.3 Å². The summed E-state index contributed by atoms with van der Waals surface area (Å²) in [4.78, 5) is 15.2. The molecule has 7 nitrogen and oxygen atoms in total. The van der Waals surface area contributed by atoms with Crippen molar-refractivity contribution in [3.8, 4) is 0 Å². The standard InChI is InChI=1S/C14H25N3O4S/c1-5-21-12(18)11(16-15)14(9-7-6-8-10-14)17-22(19,20)13(2,3)4/h17H,5-10H2,1-4H3. The molecule has 0 radical (unpaired) electrons. The normalized spacial score (nSPS) is 18.4. The molecule has 0 bridgehead atoms. The molecule has 1 N–H and O–H groups in total. The van der Waals surface area contributed by atoms with Gasteiger partial charge < -0.3 is 10.3 Å². The number of nitrogens with zero attached hydrogens (tertiary/aromatic N) is 2. The zero-order valence-electron chi connectivity index (χ0n) is 13.7. The molecule has 0 atom stereocenters. The molecule has 22 heavy (non-hydrogen) atoms. The number of carbonyl (C=O) groups excluding carboxylic acids is 1. The van der Waals surface area contributed by atoms with Crippen LogP contribution in [0.25, 0.3) is 5.53 Å². The number of hydrogen-bond donors (Lipinski definition) is 1. The average Bonchev–Trinajstić information content (AvgIpc) is 2.38. The van der Waals surface area contributed by atoms with E-state index in [1.165, 1.54) is 0 Å². The van der Waals surface area contributed by atoms with Crippen molar-refractivity contribution in [3.05, 3.63) is 5.53 Å². The highest BCUT2D eigenvalue weighted by Gasteiger charge is 2.52. The Balaban J connectivity index is 3.27. The first-order valence-electron chi connectivity index (χ1n) is 7.53. The Labute approximate surface area is 132 Å². The third-order valence-corrected chi connectivity index (χ3v) is 6.14. The van der Waals surface area contributed by atoms with Crippen LogP contribution < -0.4 is 4.72 Å². The first kappa shape index (κ1) is 18.8. The average molecular weight is 331 g/mol. The van der Waals surface area contributed by atoms with Crippen molar-refractivity contribution in [1.29, 1.82) is 0 Å². The van der Waals surface area contributed by atoms with Crippen molar-refractivity contribution >= 4 is 21.7 Å². The van der Waals surface area contributed by atoms with E-state index in [1.54, 1.807) is 27.7 Å². The lowest BCUT2D eigenvalue weighted by molar-refractivity contribution is -0.141. The Morgan fingerprint density at radius 1 is 1.27 bits per heavy atom. The summed E-state index contributed by atoms with van der Waals surface area (Å²) in [7, 11) is -3.71. The van der Waals surface area contributed by atoms with Crippen LogP contribution >= 0.6 is 0 Å². The molecule has 0 aromatic carbocycles.